The fourth-order valence-electron chi connectivity index (χ4n) is 2.55. The highest BCUT2D eigenvalue weighted by atomic mass is 32.1. The minimum absolute atomic E-state index is 0.101. The van der Waals surface area contributed by atoms with E-state index < -0.39 is 6.03 Å². The number of nitrogens with two attached hydrogens (primary N) is 1. The van der Waals surface area contributed by atoms with Crippen LogP contribution in [-0.2, 0) is 11.3 Å². The lowest BCUT2D eigenvalue weighted by atomic mass is 9.97. The second kappa shape index (κ2) is 6.26. The number of amides is 3. The van der Waals surface area contributed by atoms with E-state index in [9.17, 15) is 9.59 Å². The molecule has 2 heterocycles. The van der Waals surface area contributed by atoms with E-state index in [-0.39, 0.29) is 11.8 Å². The van der Waals surface area contributed by atoms with Crippen molar-refractivity contribution in [3.63, 3.8) is 0 Å². The molecule has 1 aliphatic heterocycles. The molecule has 1 atom stereocenters. The van der Waals surface area contributed by atoms with Gasteiger partial charge in [-0.2, -0.15) is 0 Å². The first-order valence-corrected chi connectivity index (χ1v) is 7.69. The van der Waals surface area contributed by atoms with Crippen LogP contribution in [-0.4, -0.2) is 41.9 Å². The van der Waals surface area contributed by atoms with Gasteiger partial charge in [0, 0.05) is 25.0 Å². The Morgan fingerprint density at radius 3 is 2.90 bits per heavy atom. The molecule has 0 radical (unpaired) electrons. The van der Waals surface area contributed by atoms with Crippen molar-refractivity contribution in [2.45, 2.75) is 26.3 Å². The Kier molecular flexibility index (Phi) is 4.65. The maximum Gasteiger partial charge on any atom is 0.314 e. The van der Waals surface area contributed by atoms with Crippen molar-refractivity contribution in [3.8, 4) is 0 Å². The van der Waals surface area contributed by atoms with Crippen LogP contribution in [0.1, 0.15) is 23.3 Å². The summed E-state index contributed by atoms with van der Waals surface area (Å²) in [4.78, 5) is 28.2. The number of carbonyl (C=O) groups excluding carboxylic acids is 2. The van der Waals surface area contributed by atoms with Gasteiger partial charge in [0.05, 0.1) is 12.5 Å². The quantitative estimate of drug-likeness (QED) is 0.924. The smallest absolute Gasteiger partial charge is 0.314 e. The van der Waals surface area contributed by atoms with Gasteiger partial charge < -0.3 is 15.5 Å². The van der Waals surface area contributed by atoms with Crippen molar-refractivity contribution in [2.75, 3.05) is 20.1 Å². The van der Waals surface area contributed by atoms with Crippen molar-refractivity contribution in [1.82, 2.24) is 9.80 Å². The fourth-order valence-corrected chi connectivity index (χ4v) is 3.51. The average Bonchev–Trinajstić information content (AvgIpc) is 2.83. The first-order valence-electron chi connectivity index (χ1n) is 6.81. The third kappa shape index (κ3) is 3.30. The lowest BCUT2D eigenvalue weighted by Gasteiger charge is -2.32. The minimum atomic E-state index is -0.431. The maximum atomic E-state index is 12.5. The van der Waals surface area contributed by atoms with E-state index >= 15 is 0 Å². The van der Waals surface area contributed by atoms with Crippen LogP contribution in [0.15, 0.2) is 11.4 Å². The second-order valence-corrected chi connectivity index (χ2v) is 6.35. The van der Waals surface area contributed by atoms with Crippen LogP contribution in [0.4, 0.5) is 4.79 Å². The summed E-state index contributed by atoms with van der Waals surface area (Å²) in [5, 5.41) is 2.04. The van der Waals surface area contributed by atoms with E-state index in [1.807, 2.05) is 12.4 Å². The Hall–Kier alpha value is -1.56. The number of piperidine rings is 1. The Bertz CT molecular complexity index is 500. The molecule has 6 heteroatoms. The molecule has 110 valence electrons. The first kappa shape index (κ1) is 14.8. The highest BCUT2D eigenvalue weighted by Crippen LogP contribution is 2.21. The van der Waals surface area contributed by atoms with Gasteiger partial charge in [-0.25, -0.2) is 4.79 Å². The molecule has 3 amide bonds. The SMILES string of the molecule is Cc1ccsc1CN(C)C(=O)[C@H]1CCCN(C(N)=O)C1. The summed E-state index contributed by atoms with van der Waals surface area (Å²) in [5.41, 5.74) is 6.52. The van der Waals surface area contributed by atoms with E-state index in [1.54, 1.807) is 21.1 Å². The fraction of sp³-hybridized carbons (Fsp3) is 0.571. The van der Waals surface area contributed by atoms with E-state index in [0.717, 1.165) is 12.8 Å². The molecule has 0 spiro atoms. The van der Waals surface area contributed by atoms with Gasteiger partial charge in [0.15, 0.2) is 0 Å². The van der Waals surface area contributed by atoms with Crippen molar-refractivity contribution in [3.05, 3.63) is 21.9 Å². The number of carbonyl (C=O) groups is 2. The van der Waals surface area contributed by atoms with Gasteiger partial charge in [-0.05, 0) is 36.8 Å². The van der Waals surface area contributed by atoms with Crippen molar-refractivity contribution in [2.24, 2.45) is 11.7 Å². The standard InChI is InChI=1S/C14H21N3O2S/c1-10-5-7-20-12(10)9-16(2)13(18)11-4-3-6-17(8-11)14(15)19/h5,7,11H,3-4,6,8-9H2,1-2H3,(H2,15,19)/t11-/m0/s1. The van der Waals surface area contributed by atoms with Crippen LogP contribution >= 0.6 is 11.3 Å². The van der Waals surface area contributed by atoms with Crippen LogP contribution in [0.5, 0.6) is 0 Å². The van der Waals surface area contributed by atoms with Gasteiger partial charge in [0.25, 0.3) is 0 Å². The summed E-state index contributed by atoms with van der Waals surface area (Å²) in [6.45, 7) is 3.80. The summed E-state index contributed by atoms with van der Waals surface area (Å²) in [7, 11) is 1.82. The zero-order valence-corrected chi connectivity index (χ0v) is 12.8. The molecule has 2 rings (SSSR count). The number of hydrogen-bond donors (Lipinski definition) is 1. The molecule has 0 bridgehead atoms. The second-order valence-electron chi connectivity index (χ2n) is 5.34. The van der Waals surface area contributed by atoms with Crippen LogP contribution in [0.2, 0.25) is 0 Å². The third-order valence-corrected chi connectivity index (χ3v) is 4.82. The maximum absolute atomic E-state index is 12.5. The minimum Gasteiger partial charge on any atom is -0.351 e. The Balaban J connectivity index is 1.96. The molecule has 1 aliphatic rings. The molecule has 0 aromatic carbocycles. The van der Waals surface area contributed by atoms with Gasteiger partial charge in [0.1, 0.15) is 0 Å². The van der Waals surface area contributed by atoms with E-state index in [0.29, 0.717) is 19.6 Å². The number of urea groups is 1. The van der Waals surface area contributed by atoms with E-state index in [2.05, 4.69) is 13.0 Å². The summed E-state index contributed by atoms with van der Waals surface area (Å²) in [6.07, 6.45) is 1.67. The summed E-state index contributed by atoms with van der Waals surface area (Å²) >= 11 is 1.67. The topological polar surface area (TPSA) is 66.6 Å². The summed E-state index contributed by atoms with van der Waals surface area (Å²) in [6, 6.07) is 1.63. The van der Waals surface area contributed by atoms with E-state index in [4.69, 9.17) is 5.73 Å². The largest absolute Gasteiger partial charge is 0.351 e. The number of likely N-dealkylation sites (tertiary alicyclic amines) is 1. The molecule has 1 aromatic rings. The molecule has 1 saturated heterocycles. The Morgan fingerprint density at radius 2 is 2.30 bits per heavy atom. The average molecular weight is 295 g/mol. The first-order chi connectivity index (χ1) is 9.49. The monoisotopic (exact) mass is 295 g/mol. The summed E-state index contributed by atoms with van der Waals surface area (Å²) in [5.74, 6) is -0.0229. The highest BCUT2D eigenvalue weighted by Gasteiger charge is 2.29. The molecule has 20 heavy (non-hydrogen) atoms. The van der Waals surface area contributed by atoms with Gasteiger partial charge in [0.2, 0.25) is 5.91 Å². The molecule has 1 fully saturated rings. The van der Waals surface area contributed by atoms with Crippen LogP contribution in [0.25, 0.3) is 0 Å². The molecular formula is C14H21N3O2S. The number of rotatable bonds is 3. The predicted molar refractivity (Wildman–Crippen MR) is 79.4 cm³/mol. The number of primary amides is 1. The van der Waals surface area contributed by atoms with Gasteiger partial charge >= 0.3 is 6.03 Å². The van der Waals surface area contributed by atoms with Crippen molar-refractivity contribution >= 4 is 23.3 Å². The number of thiophene rings is 1. The number of hydrogen-bond acceptors (Lipinski definition) is 3. The van der Waals surface area contributed by atoms with Crippen LogP contribution in [0, 0.1) is 12.8 Å². The predicted octanol–water partition coefficient (Wildman–Crippen LogP) is 1.81. The van der Waals surface area contributed by atoms with Gasteiger partial charge in [-0.3, -0.25) is 4.79 Å². The summed E-state index contributed by atoms with van der Waals surface area (Å²) < 4.78 is 0. The highest BCUT2D eigenvalue weighted by molar-refractivity contribution is 7.10. The molecule has 0 saturated carbocycles. The van der Waals surface area contributed by atoms with Gasteiger partial charge in [-0.1, -0.05) is 0 Å². The molecular weight excluding hydrogens is 274 g/mol. The normalized spacial score (nSPS) is 18.9. The van der Waals surface area contributed by atoms with Crippen LogP contribution < -0.4 is 5.73 Å². The molecule has 2 N–H and O–H groups in total. The zero-order valence-electron chi connectivity index (χ0n) is 12.0. The van der Waals surface area contributed by atoms with Gasteiger partial charge in [-0.15, -0.1) is 11.3 Å². The lowest BCUT2D eigenvalue weighted by Crippen LogP contribution is -2.47. The third-order valence-electron chi connectivity index (χ3n) is 3.81. The van der Waals surface area contributed by atoms with E-state index in [1.165, 1.54) is 10.4 Å². The molecule has 5 nitrogen and oxygen atoms in total. The lowest BCUT2D eigenvalue weighted by molar-refractivity contribution is -0.136. The Morgan fingerprint density at radius 1 is 1.55 bits per heavy atom. The van der Waals surface area contributed by atoms with Crippen molar-refractivity contribution < 1.29 is 9.59 Å². The zero-order chi connectivity index (χ0) is 14.7. The molecule has 0 aliphatic carbocycles. The molecule has 1 aromatic heterocycles. The number of aryl methyl sites for hydroxylation is 1. The van der Waals surface area contributed by atoms with Crippen LogP contribution in [0.3, 0.4) is 0 Å². The molecule has 0 unspecified atom stereocenters. The number of nitrogens with zero attached hydrogens (tertiary/aromatic N) is 2. The van der Waals surface area contributed by atoms with Crippen molar-refractivity contribution in [1.29, 1.82) is 0 Å². The Labute approximate surface area is 123 Å².